The highest BCUT2D eigenvalue weighted by Crippen LogP contribution is 2.29. The number of hydrogen-bond acceptors (Lipinski definition) is 3. The first kappa shape index (κ1) is 16.1. The van der Waals surface area contributed by atoms with E-state index in [1.165, 1.54) is 11.6 Å². The maximum Gasteiger partial charge on any atom is 0.283 e. The summed E-state index contributed by atoms with van der Waals surface area (Å²) in [4.78, 5) is 12.7. The van der Waals surface area contributed by atoms with Crippen molar-refractivity contribution in [2.24, 2.45) is 0 Å². The largest absolute Gasteiger partial charge is 0.298 e. The van der Waals surface area contributed by atoms with Crippen LogP contribution in [0.3, 0.4) is 0 Å². The van der Waals surface area contributed by atoms with E-state index in [1.54, 1.807) is 6.07 Å². The fourth-order valence-electron chi connectivity index (χ4n) is 2.08. The zero-order valence-electron chi connectivity index (χ0n) is 11.4. The predicted molar refractivity (Wildman–Crippen MR) is 90.1 cm³/mol. The molecule has 2 aromatic carbocycles. The second-order valence-corrected chi connectivity index (χ2v) is 6.51. The molecule has 2 rings (SSSR count). The zero-order valence-corrected chi connectivity index (χ0v) is 14.6. The Labute approximate surface area is 140 Å². The maximum absolute atomic E-state index is 10.9. The monoisotopic (exact) mass is 412 g/mol. The van der Waals surface area contributed by atoms with Crippen molar-refractivity contribution in [3.05, 3.63) is 72.7 Å². The molecule has 0 saturated heterocycles. The van der Waals surface area contributed by atoms with E-state index in [2.05, 4.69) is 48.9 Å². The van der Waals surface area contributed by atoms with Crippen LogP contribution in [0.4, 0.5) is 5.69 Å². The molecule has 0 aromatic heterocycles. The third-order valence-corrected chi connectivity index (χ3v) is 4.51. The van der Waals surface area contributed by atoms with Crippen molar-refractivity contribution in [2.75, 3.05) is 7.05 Å². The Morgan fingerprint density at radius 2 is 1.76 bits per heavy atom. The van der Waals surface area contributed by atoms with Crippen molar-refractivity contribution >= 4 is 37.5 Å². The summed E-state index contributed by atoms with van der Waals surface area (Å²) < 4.78 is 1.60. The highest BCUT2D eigenvalue weighted by Gasteiger charge is 2.15. The van der Waals surface area contributed by atoms with Gasteiger partial charge in [0.05, 0.1) is 9.40 Å². The summed E-state index contributed by atoms with van der Waals surface area (Å²) in [6.45, 7) is 1.42. The van der Waals surface area contributed by atoms with Crippen LogP contribution >= 0.6 is 31.9 Å². The lowest BCUT2D eigenvalue weighted by atomic mass is 10.1. The number of nitro benzene ring substituents is 1. The molecular weight excluding hydrogens is 400 g/mol. The number of nitro groups is 1. The molecule has 0 N–H and O–H groups in total. The number of rotatable bonds is 5. The Hall–Kier alpha value is -1.24. The van der Waals surface area contributed by atoms with E-state index < -0.39 is 0 Å². The van der Waals surface area contributed by atoms with Gasteiger partial charge in [0, 0.05) is 23.6 Å². The van der Waals surface area contributed by atoms with Crippen molar-refractivity contribution in [3.8, 4) is 0 Å². The van der Waals surface area contributed by atoms with Crippen molar-refractivity contribution in [1.82, 2.24) is 4.90 Å². The predicted octanol–water partition coefficient (Wildman–Crippen LogP) is 4.75. The van der Waals surface area contributed by atoms with Gasteiger partial charge in [-0.3, -0.25) is 15.0 Å². The number of halogens is 2. The molecule has 0 radical (unpaired) electrons. The minimum Gasteiger partial charge on any atom is -0.298 e. The Morgan fingerprint density at radius 3 is 2.38 bits per heavy atom. The summed E-state index contributed by atoms with van der Waals surface area (Å²) in [6, 6.07) is 13.2. The van der Waals surface area contributed by atoms with Gasteiger partial charge in [-0.1, -0.05) is 40.2 Å². The van der Waals surface area contributed by atoms with E-state index in [0.717, 1.165) is 16.6 Å². The van der Waals surface area contributed by atoms with Crippen LogP contribution in [0.1, 0.15) is 11.1 Å². The lowest BCUT2D eigenvalue weighted by Crippen LogP contribution is -2.17. The molecule has 6 heteroatoms. The zero-order chi connectivity index (χ0) is 15.4. The Balaban J connectivity index is 2.09. The Kier molecular flexibility index (Phi) is 5.50. The first-order chi connectivity index (χ1) is 9.97. The molecule has 0 atom stereocenters. The van der Waals surface area contributed by atoms with Crippen LogP contribution in [0.5, 0.6) is 0 Å². The fourth-order valence-corrected chi connectivity index (χ4v) is 2.88. The molecule has 0 spiro atoms. The Bertz CT molecular complexity index is 645. The lowest BCUT2D eigenvalue weighted by Gasteiger charge is -2.17. The van der Waals surface area contributed by atoms with Gasteiger partial charge in [0.15, 0.2) is 0 Å². The molecule has 0 bridgehead atoms. The minimum atomic E-state index is -0.373. The lowest BCUT2D eigenvalue weighted by molar-refractivity contribution is -0.385. The van der Waals surface area contributed by atoms with Gasteiger partial charge in [0.25, 0.3) is 5.69 Å². The third kappa shape index (κ3) is 4.36. The van der Waals surface area contributed by atoms with Gasteiger partial charge in [0.1, 0.15) is 0 Å². The fraction of sp³-hybridized carbons (Fsp3) is 0.200. The summed E-state index contributed by atoms with van der Waals surface area (Å²) in [5.74, 6) is 0. The quantitative estimate of drug-likeness (QED) is 0.524. The van der Waals surface area contributed by atoms with Crippen LogP contribution < -0.4 is 0 Å². The Morgan fingerprint density at radius 1 is 1.10 bits per heavy atom. The smallest absolute Gasteiger partial charge is 0.283 e. The van der Waals surface area contributed by atoms with Gasteiger partial charge in [0.2, 0.25) is 0 Å². The van der Waals surface area contributed by atoms with Gasteiger partial charge < -0.3 is 0 Å². The topological polar surface area (TPSA) is 46.4 Å². The van der Waals surface area contributed by atoms with Gasteiger partial charge in [-0.05, 0) is 46.2 Å². The summed E-state index contributed by atoms with van der Waals surface area (Å²) in [6.07, 6.45) is 0. The summed E-state index contributed by atoms with van der Waals surface area (Å²) in [5.41, 5.74) is 2.20. The van der Waals surface area contributed by atoms with Crippen LogP contribution in [-0.4, -0.2) is 16.9 Å². The van der Waals surface area contributed by atoms with E-state index in [4.69, 9.17) is 0 Å². The van der Waals surface area contributed by atoms with Crippen LogP contribution in [0.2, 0.25) is 0 Å². The first-order valence-corrected chi connectivity index (χ1v) is 7.90. The van der Waals surface area contributed by atoms with Gasteiger partial charge in [-0.15, -0.1) is 0 Å². The van der Waals surface area contributed by atoms with Crippen LogP contribution in [0, 0.1) is 10.1 Å². The van der Waals surface area contributed by atoms with E-state index in [1.807, 2.05) is 25.2 Å². The molecule has 21 heavy (non-hydrogen) atoms. The molecule has 4 nitrogen and oxygen atoms in total. The van der Waals surface area contributed by atoms with Crippen molar-refractivity contribution < 1.29 is 4.92 Å². The highest BCUT2D eigenvalue weighted by atomic mass is 79.9. The molecular formula is C15H14Br2N2O2. The molecule has 0 unspecified atom stereocenters. The first-order valence-electron chi connectivity index (χ1n) is 6.32. The molecule has 0 aliphatic rings. The highest BCUT2D eigenvalue weighted by molar-refractivity contribution is 9.10. The maximum atomic E-state index is 10.9. The third-order valence-electron chi connectivity index (χ3n) is 3.06. The molecule has 110 valence electrons. The van der Waals surface area contributed by atoms with E-state index >= 15 is 0 Å². The van der Waals surface area contributed by atoms with Crippen LogP contribution in [0.15, 0.2) is 51.4 Å². The molecule has 0 aliphatic carbocycles. The summed E-state index contributed by atoms with van der Waals surface area (Å²) >= 11 is 6.74. The number of benzene rings is 2. The molecule has 0 fully saturated rings. The second-order valence-electron chi connectivity index (χ2n) is 4.81. The van der Waals surface area contributed by atoms with Gasteiger partial charge in [-0.25, -0.2) is 0 Å². The van der Waals surface area contributed by atoms with Gasteiger partial charge >= 0.3 is 0 Å². The molecule has 0 aliphatic heterocycles. The van der Waals surface area contributed by atoms with Gasteiger partial charge in [-0.2, -0.15) is 0 Å². The van der Waals surface area contributed by atoms with E-state index in [-0.39, 0.29) is 10.6 Å². The minimum absolute atomic E-state index is 0.101. The molecule has 0 heterocycles. The average molecular weight is 414 g/mol. The van der Waals surface area contributed by atoms with E-state index in [0.29, 0.717) is 11.0 Å². The normalized spacial score (nSPS) is 10.9. The van der Waals surface area contributed by atoms with Crippen LogP contribution in [0.25, 0.3) is 0 Å². The van der Waals surface area contributed by atoms with Crippen molar-refractivity contribution in [1.29, 1.82) is 0 Å². The SMILES string of the molecule is CN(Cc1ccc(Br)cc1)Cc1cccc([N+](=O)[O-])c1Br. The van der Waals surface area contributed by atoms with Crippen molar-refractivity contribution in [2.45, 2.75) is 13.1 Å². The van der Waals surface area contributed by atoms with Crippen molar-refractivity contribution in [3.63, 3.8) is 0 Å². The standard InChI is InChI=1S/C15H14Br2N2O2/c1-18(9-11-5-7-13(16)8-6-11)10-12-3-2-4-14(15(12)17)19(20)21/h2-8H,9-10H2,1H3. The molecule has 2 aromatic rings. The average Bonchev–Trinajstić information content (AvgIpc) is 2.43. The molecule has 0 amide bonds. The number of nitrogens with zero attached hydrogens (tertiary/aromatic N) is 2. The summed E-state index contributed by atoms with van der Waals surface area (Å²) in [5, 5.41) is 10.9. The second kappa shape index (κ2) is 7.15. The van der Waals surface area contributed by atoms with Crippen LogP contribution in [-0.2, 0) is 13.1 Å². The number of hydrogen-bond donors (Lipinski definition) is 0. The molecule has 0 saturated carbocycles. The summed E-state index contributed by atoms with van der Waals surface area (Å²) in [7, 11) is 1.99. The van der Waals surface area contributed by atoms with E-state index in [9.17, 15) is 10.1 Å².